The van der Waals surface area contributed by atoms with Crippen LogP contribution in [0.2, 0.25) is 0 Å². The summed E-state index contributed by atoms with van der Waals surface area (Å²) in [7, 11) is 0. The molecular weight excluding hydrogens is 198 g/mol. The van der Waals surface area contributed by atoms with Crippen molar-refractivity contribution < 1.29 is 4.42 Å². The molecular formula is C14H17NO. The molecule has 1 aromatic carbocycles. The highest BCUT2D eigenvalue weighted by molar-refractivity contribution is 5.14. The van der Waals surface area contributed by atoms with Gasteiger partial charge in [-0.05, 0) is 17.7 Å². The van der Waals surface area contributed by atoms with Crippen molar-refractivity contribution in [1.82, 2.24) is 5.32 Å². The summed E-state index contributed by atoms with van der Waals surface area (Å²) in [5, 5.41) is 3.43. The van der Waals surface area contributed by atoms with Crippen molar-refractivity contribution in [2.75, 3.05) is 6.54 Å². The Labute approximate surface area is 96.3 Å². The number of nitrogens with one attached hydrogen (secondary N) is 1. The Balaban J connectivity index is 1.76. The molecule has 0 saturated heterocycles. The van der Waals surface area contributed by atoms with Gasteiger partial charge in [0.1, 0.15) is 5.76 Å². The lowest BCUT2D eigenvalue weighted by molar-refractivity contribution is 0.458. The van der Waals surface area contributed by atoms with Crippen LogP contribution in [0.5, 0.6) is 0 Å². The zero-order chi connectivity index (χ0) is 11.2. The largest absolute Gasteiger partial charge is 0.469 e. The van der Waals surface area contributed by atoms with Gasteiger partial charge < -0.3 is 9.73 Å². The third kappa shape index (κ3) is 2.97. The molecule has 1 unspecified atom stereocenters. The second-order valence-corrected chi connectivity index (χ2v) is 4.03. The summed E-state index contributed by atoms with van der Waals surface area (Å²) >= 11 is 0. The van der Waals surface area contributed by atoms with Gasteiger partial charge in [0.15, 0.2) is 0 Å². The van der Waals surface area contributed by atoms with Gasteiger partial charge in [0, 0.05) is 19.0 Å². The van der Waals surface area contributed by atoms with Crippen LogP contribution in [0.3, 0.4) is 0 Å². The highest BCUT2D eigenvalue weighted by Gasteiger charge is 2.06. The number of rotatable bonds is 5. The SMILES string of the molecule is CC(CNCc1ccccc1)c1ccco1. The Morgan fingerprint density at radius 2 is 1.94 bits per heavy atom. The molecule has 16 heavy (non-hydrogen) atoms. The summed E-state index contributed by atoms with van der Waals surface area (Å²) in [6, 6.07) is 14.4. The molecule has 1 heterocycles. The van der Waals surface area contributed by atoms with E-state index in [1.54, 1.807) is 6.26 Å². The average Bonchev–Trinajstić information content (AvgIpc) is 2.84. The van der Waals surface area contributed by atoms with Crippen LogP contribution in [0.25, 0.3) is 0 Å². The van der Waals surface area contributed by atoms with Gasteiger partial charge in [0.05, 0.1) is 6.26 Å². The van der Waals surface area contributed by atoms with Crippen LogP contribution < -0.4 is 5.32 Å². The first-order valence-electron chi connectivity index (χ1n) is 5.64. The predicted octanol–water partition coefficient (Wildman–Crippen LogP) is 3.17. The summed E-state index contributed by atoms with van der Waals surface area (Å²) in [6.45, 7) is 4.01. The molecule has 2 rings (SSSR count). The van der Waals surface area contributed by atoms with Crippen molar-refractivity contribution in [2.24, 2.45) is 0 Å². The van der Waals surface area contributed by atoms with Crippen molar-refractivity contribution in [3.05, 3.63) is 60.1 Å². The molecule has 0 amide bonds. The molecule has 0 fully saturated rings. The van der Waals surface area contributed by atoms with Crippen LogP contribution >= 0.6 is 0 Å². The van der Waals surface area contributed by atoms with E-state index in [2.05, 4.69) is 36.5 Å². The maximum atomic E-state index is 5.36. The van der Waals surface area contributed by atoms with Crippen molar-refractivity contribution in [1.29, 1.82) is 0 Å². The average molecular weight is 215 g/mol. The van der Waals surface area contributed by atoms with Crippen molar-refractivity contribution in [3.63, 3.8) is 0 Å². The van der Waals surface area contributed by atoms with Gasteiger partial charge in [-0.3, -0.25) is 0 Å². The third-order valence-corrected chi connectivity index (χ3v) is 2.65. The lowest BCUT2D eigenvalue weighted by atomic mass is 10.1. The van der Waals surface area contributed by atoms with Crippen LogP contribution in [0.4, 0.5) is 0 Å². The monoisotopic (exact) mass is 215 g/mol. The molecule has 2 aromatic rings. The van der Waals surface area contributed by atoms with Crippen LogP contribution in [0, 0.1) is 0 Å². The zero-order valence-corrected chi connectivity index (χ0v) is 9.52. The first-order valence-corrected chi connectivity index (χ1v) is 5.64. The number of furan rings is 1. The summed E-state index contributed by atoms with van der Waals surface area (Å²) in [5.74, 6) is 1.46. The maximum Gasteiger partial charge on any atom is 0.107 e. The molecule has 1 aromatic heterocycles. The normalized spacial score (nSPS) is 12.6. The fraction of sp³-hybridized carbons (Fsp3) is 0.286. The fourth-order valence-corrected chi connectivity index (χ4v) is 1.70. The van der Waals surface area contributed by atoms with Crippen molar-refractivity contribution in [2.45, 2.75) is 19.4 Å². The van der Waals surface area contributed by atoms with Gasteiger partial charge >= 0.3 is 0 Å². The summed E-state index contributed by atoms with van der Waals surface area (Å²) in [6.07, 6.45) is 1.73. The summed E-state index contributed by atoms with van der Waals surface area (Å²) < 4.78 is 5.36. The summed E-state index contributed by atoms with van der Waals surface area (Å²) in [4.78, 5) is 0. The molecule has 0 bridgehead atoms. The lowest BCUT2D eigenvalue weighted by Crippen LogP contribution is -2.19. The summed E-state index contributed by atoms with van der Waals surface area (Å²) in [5.41, 5.74) is 1.31. The quantitative estimate of drug-likeness (QED) is 0.828. The first kappa shape index (κ1) is 11.0. The Hall–Kier alpha value is -1.54. The molecule has 1 atom stereocenters. The molecule has 0 aliphatic carbocycles. The van der Waals surface area contributed by atoms with Crippen LogP contribution in [0.1, 0.15) is 24.2 Å². The molecule has 0 saturated carbocycles. The topological polar surface area (TPSA) is 25.2 Å². The maximum absolute atomic E-state index is 5.36. The van der Waals surface area contributed by atoms with Gasteiger partial charge in [-0.25, -0.2) is 0 Å². The highest BCUT2D eigenvalue weighted by atomic mass is 16.3. The number of benzene rings is 1. The smallest absolute Gasteiger partial charge is 0.107 e. The third-order valence-electron chi connectivity index (χ3n) is 2.65. The van der Waals surface area contributed by atoms with Crippen molar-refractivity contribution in [3.8, 4) is 0 Å². The van der Waals surface area contributed by atoms with E-state index < -0.39 is 0 Å². The van der Waals surface area contributed by atoms with E-state index >= 15 is 0 Å². The van der Waals surface area contributed by atoms with Crippen molar-refractivity contribution >= 4 is 0 Å². The van der Waals surface area contributed by atoms with Crippen LogP contribution in [-0.4, -0.2) is 6.54 Å². The standard InChI is InChI=1S/C14H17NO/c1-12(14-8-5-9-16-14)10-15-11-13-6-3-2-4-7-13/h2-9,12,15H,10-11H2,1H3. The van der Waals surface area contributed by atoms with E-state index in [1.807, 2.05) is 18.2 Å². The van der Waals surface area contributed by atoms with E-state index in [9.17, 15) is 0 Å². The first-order chi connectivity index (χ1) is 7.86. The molecule has 0 radical (unpaired) electrons. The molecule has 0 spiro atoms. The minimum Gasteiger partial charge on any atom is -0.469 e. The second kappa shape index (κ2) is 5.52. The van der Waals surface area contributed by atoms with E-state index in [4.69, 9.17) is 4.42 Å². The predicted molar refractivity (Wildman–Crippen MR) is 65.3 cm³/mol. The second-order valence-electron chi connectivity index (χ2n) is 4.03. The number of hydrogen-bond acceptors (Lipinski definition) is 2. The van der Waals surface area contributed by atoms with Gasteiger partial charge in [0.2, 0.25) is 0 Å². The Morgan fingerprint density at radius 3 is 2.62 bits per heavy atom. The van der Waals surface area contributed by atoms with E-state index in [0.29, 0.717) is 5.92 Å². The molecule has 0 aliphatic rings. The van der Waals surface area contributed by atoms with E-state index in [0.717, 1.165) is 18.8 Å². The number of hydrogen-bond donors (Lipinski definition) is 1. The molecule has 1 N–H and O–H groups in total. The van der Waals surface area contributed by atoms with E-state index in [-0.39, 0.29) is 0 Å². The fourth-order valence-electron chi connectivity index (χ4n) is 1.70. The van der Waals surface area contributed by atoms with Gasteiger partial charge in [-0.1, -0.05) is 37.3 Å². The van der Waals surface area contributed by atoms with Crippen LogP contribution in [0.15, 0.2) is 53.1 Å². The molecule has 0 aliphatic heterocycles. The molecule has 84 valence electrons. The van der Waals surface area contributed by atoms with Gasteiger partial charge in [-0.2, -0.15) is 0 Å². The molecule has 2 heteroatoms. The zero-order valence-electron chi connectivity index (χ0n) is 9.52. The Bertz CT molecular complexity index is 394. The van der Waals surface area contributed by atoms with Gasteiger partial charge in [0.25, 0.3) is 0 Å². The van der Waals surface area contributed by atoms with E-state index in [1.165, 1.54) is 5.56 Å². The van der Waals surface area contributed by atoms with Crippen LogP contribution in [-0.2, 0) is 6.54 Å². The minimum absolute atomic E-state index is 0.415. The minimum atomic E-state index is 0.415. The van der Waals surface area contributed by atoms with Gasteiger partial charge in [-0.15, -0.1) is 0 Å². The lowest BCUT2D eigenvalue weighted by Gasteiger charge is -2.10. The highest BCUT2D eigenvalue weighted by Crippen LogP contribution is 2.14. The molecule has 2 nitrogen and oxygen atoms in total. The Morgan fingerprint density at radius 1 is 1.12 bits per heavy atom. The Kier molecular flexibility index (Phi) is 3.78.